The lowest BCUT2D eigenvalue weighted by Gasteiger charge is -2.14. The zero-order chi connectivity index (χ0) is 10.8. The molecule has 0 bridgehead atoms. The van der Waals surface area contributed by atoms with Crippen LogP contribution in [0.1, 0.15) is 24.4 Å². The minimum absolute atomic E-state index is 0.220. The summed E-state index contributed by atoms with van der Waals surface area (Å²) in [5.74, 6) is 0.913. The van der Waals surface area contributed by atoms with E-state index in [0.717, 1.165) is 5.82 Å². The van der Waals surface area contributed by atoms with Crippen LogP contribution in [0.25, 0.3) is 0 Å². The number of hydrogen-bond acceptors (Lipinski definition) is 2. The third kappa shape index (κ3) is 1.85. The molecule has 0 radical (unpaired) electrons. The first-order chi connectivity index (χ1) is 7.20. The van der Waals surface area contributed by atoms with E-state index in [1.165, 1.54) is 5.56 Å². The molecule has 0 spiro atoms. The Kier molecular flexibility index (Phi) is 2.68. The summed E-state index contributed by atoms with van der Waals surface area (Å²) in [7, 11) is 0. The topological polar surface area (TPSA) is 33.6 Å². The predicted molar refractivity (Wildman–Crippen MR) is 62.4 cm³/mol. The number of aryl methyl sites for hydroxylation is 1. The fraction of sp³-hybridized carbons (Fsp3) is 0.273. The van der Waals surface area contributed by atoms with Crippen molar-refractivity contribution in [3.05, 3.63) is 46.5 Å². The van der Waals surface area contributed by atoms with Crippen molar-refractivity contribution in [1.29, 1.82) is 0 Å². The van der Waals surface area contributed by atoms with Gasteiger partial charge in [-0.15, -0.1) is 0 Å². The molecule has 0 aliphatic heterocycles. The summed E-state index contributed by atoms with van der Waals surface area (Å²) in [6.45, 7) is 4.07. The molecule has 0 saturated carbocycles. The van der Waals surface area contributed by atoms with Gasteiger partial charge in [-0.2, -0.15) is 5.10 Å². The third-order valence-electron chi connectivity index (χ3n) is 2.55. The summed E-state index contributed by atoms with van der Waals surface area (Å²) >= 11 is 5.19. The highest BCUT2D eigenvalue weighted by Gasteiger charge is 2.10. The first kappa shape index (κ1) is 10.1. The van der Waals surface area contributed by atoms with Crippen LogP contribution in [0.4, 0.5) is 0 Å². The van der Waals surface area contributed by atoms with Crippen LogP contribution < -0.4 is 0 Å². The Hall–Kier alpha value is -1.42. The molecular formula is C11H13N3S. The van der Waals surface area contributed by atoms with Gasteiger partial charge in [0, 0.05) is 0 Å². The molecule has 1 N–H and O–H groups in total. The SMILES string of the molecule is Cc1n[nH]c(=S)n1[C@H](C)c1ccccc1. The Bertz CT molecular complexity index is 498. The zero-order valence-corrected chi connectivity index (χ0v) is 9.58. The van der Waals surface area contributed by atoms with Gasteiger partial charge in [-0.25, -0.2) is 0 Å². The van der Waals surface area contributed by atoms with Gasteiger partial charge in [-0.05, 0) is 31.6 Å². The molecule has 1 atom stereocenters. The van der Waals surface area contributed by atoms with Gasteiger partial charge in [0.25, 0.3) is 0 Å². The van der Waals surface area contributed by atoms with E-state index in [1.807, 2.05) is 29.7 Å². The third-order valence-corrected chi connectivity index (χ3v) is 2.84. The quantitative estimate of drug-likeness (QED) is 0.788. The molecule has 0 amide bonds. The maximum atomic E-state index is 5.19. The molecule has 0 fully saturated rings. The standard InChI is InChI=1S/C11H13N3S/c1-8(10-6-4-3-5-7-10)14-9(2)12-13-11(14)15/h3-8H,1-2H3,(H,13,15)/t8-/m1/s1. The maximum Gasteiger partial charge on any atom is 0.195 e. The Labute approximate surface area is 93.8 Å². The van der Waals surface area contributed by atoms with E-state index in [2.05, 4.69) is 29.3 Å². The van der Waals surface area contributed by atoms with Crippen LogP contribution in [0.2, 0.25) is 0 Å². The summed E-state index contributed by atoms with van der Waals surface area (Å²) in [6, 6.07) is 10.5. The molecule has 4 heteroatoms. The number of rotatable bonds is 2. The van der Waals surface area contributed by atoms with Crippen LogP contribution in [0, 0.1) is 11.7 Å². The molecule has 1 aromatic carbocycles. The molecule has 78 valence electrons. The van der Waals surface area contributed by atoms with Gasteiger partial charge in [-0.3, -0.25) is 9.67 Å². The molecule has 1 aromatic heterocycles. The van der Waals surface area contributed by atoms with E-state index >= 15 is 0 Å². The van der Waals surface area contributed by atoms with Gasteiger partial charge < -0.3 is 0 Å². The highest BCUT2D eigenvalue weighted by molar-refractivity contribution is 7.71. The van der Waals surface area contributed by atoms with Crippen LogP contribution >= 0.6 is 12.2 Å². The van der Waals surface area contributed by atoms with E-state index in [4.69, 9.17) is 12.2 Å². The number of hydrogen-bond donors (Lipinski definition) is 1. The molecule has 2 aromatic rings. The van der Waals surface area contributed by atoms with Crippen LogP contribution in [0.3, 0.4) is 0 Å². The fourth-order valence-corrected chi connectivity index (χ4v) is 2.06. The second-order valence-electron chi connectivity index (χ2n) is 3.53. The lowest BCUT2D eigenvalue weighted by molar-refractivity contribution is 0.611. The van der Waals surface area contributed by atoms with Crippen molar-refractivity contribution in [2.24, 2.45) is 0 Å². The molecule has 0 saturated heterocycles. The molecule has 2 rings (SSSR count). The summed E-state index contributed by atoms with van der Waals surface area (Å²) in [5.41, 5.74) is 1.23. The van der Waals surface area contributed by atoms with Crippen LogP contribution in [0.15, 0.2) is 30.3 Å². The molecule has 0 unspecified atom stereocenters. The van der Waals surface area contributed by atoms with Crippen LogP contribution in [-0.4, -0.2) is 14.8 Å². The Morgan fingerprint density at radius 2 is 2.00 bits per heavy atom. The van der Waals surface area contributed by atoms with Gasteiger partial charge in [0.2, 0.25) is 0 Å². The smallest absolute Gasteiger partial charge is 0.195 e. The monoisotopic (exact) mass is 219 g/mol. The Morgan fingerprint density at radius 1 is 1.33 bits per heavy atom. The summed E-state index contributed by atoms with van der Waals surface area (Å²) in [6.07, 6.45) is 0. The van der Waals surface area contributed by atoms with Gasteiger partial charge in [-0.1, -0.05) is 30.3 Å². The van der Waals surface area contributed by atoms with Gasteiger partial charge in [0.15, 0.2) is 4.77 Å². The molecule has 15 heavy (non-hydrogen) atoms. The lowest BCUT2D eigenvalue weighted by Crippen LogP contribution is -2.08. The van der Waals surface area contributed by atoms with Gasteiger partial charge in [0.05, 0.1) is 6.04 Å². The van der Waals surface area contributed by atoms with Crippen LogP contribution in [-0.2, 0) is 0 Å². The molecule has 1 heterocycles. The Morgan fingerprint density at radius 3 is 2.53 bits per heavy atom. The lowest BCUT2D eigenvalue weighted by atomic mass is 10.1. The minimum atomic E-state index is 0.220. The highest BCUT2D eigenvalue weighted by atomic mass is 32.1. The van der Waals surface area contributed by atoms with E-state index in [0.29, 0.717) is 4.77 Å². The Balaban J connectivity index is 2.45. The number of nitrogens with one attached hydrogen (secondary N) is 1. The van der Waals surface area contributed by atoms with E-state index in [-0.39, 0.29) is 6.04 Å². The van der Waals surface area contributed by atoms with Crippen LogP contribution in [0.5, 0.6) is 0 Å². The van der Waals surface area contributed by atoms with Crippen molar-refractivity contribution in [3.63, 3.8) is 0 Å². The first-order valence-corrected chi connectivity index (χ1v) is 5.29. The normalized spacial score (nSPS) is 12.7. The number of H-pyrrole nitrogens is 1. The van der Waals surface area contributed by atoms with Gasteiger partial charge in [0.1, 0.15) is 5.82 Å². The van der Waals surface area contributed by atoms with E-state index in [9.17, 15) is 0 Å². The van der Waals surface area contributed by atoms with Crippen molar-refractivity contribution >= 4 is 12.2 Å². The number of aromatic amines is 1. The minimum Gasteiger partial charge on any atom is -0.297 e. The fourth-order valence-electron chi connectivity index (χ4n) is 1.72. The average molecular weight is 219 g/mol. The average Bonchev–Trinajstić information content (AvgIpc) is 2.59. The van der Waals surface area contributed by atoms with Crippen molar-refractivity contribution in [3.8, 4) is 0 Å². The van der Waals surface area contributed by atoms with Crippen molar-refractivity contribution in [2.45, 2.75) is 19.9 Å². The van der Waals surface area contributed by atoms with Gasteiger partial charge >= 0.3 is 0 Å². The molecular weight excluding hydrogens is 206 g/mol. The second kappa shape index (κ2) is 3.98. The molecule has 0 aliphatic carbocycles. The van der Waals surface area contributed by atoms with E-state index < -0.39 is 0 Å². The van der Waals surface area contributed by atoms with E-state index in [1.54, 1.807) is 0 Å². The molecule has 3 nitrogen and oxygen atoms in total. The maximum absolute atomic E-state index is 5.19. The summed E-state index contributed by atoms with van der Waals surface area (Å²) in [5, 5.41) is 6.91. The summed E-state index contributed by atoms with van der Waals surface area (Å²) < 4.78 is 2.69. The molecule has 0 aliphatic rings. The predicted octanol–water partition coefficient (Wildman–Crippen LogP) is 2.86. The summed E-state index contributed by atoms with van der Waals surface area (Å²) in [4.78, 5) is 0. The van der Waals surface area contributed by atoms with Crippen molar-refractivity contribution in [2.75, 3.05) is 0 Å². The van der Waals surface area contributed by atoms with Crippen molar-refractivity contribution < 1.29 is 0 Å². The largest absolute Gasteiger partial charge is 0.297 e. The number of benzene rings is 1. The van der Waals surface area contributed by atoms with Crippen molar-refractivity contribution in [1.82, 2.24) is 14.8 Å². The highest BCUT2D eigenvalue weighted by Crippen LogP contribution is 2.18. The first-order valence-electron chi connectivity index (χ1n) is 4.88. The zero-order valence-electron chi connectivity index (χ0n) is 8.77. The number of aromatic nitrogens is 3. The number of nitrogens with zero attached hydrogens (tertiary/aromatic N) is 2. The second-order valence-corrected chi connectivity index (χ2v) is 3.92.